The number of methoxy groups -OCH3 is 1. The van der Waals surface area contributed by atoms with Gasteiger partial charge in [0.1, 0.15) is 5.82 Å². The molecular weight excluding hydrogens is 347 g/mol. The van der Waals surface area contributed by atoms with Gasteiger partial charge in [-0.2, -0.15) is 0 Å². The van der Waals surface area contributed by atoms with Crippen LogP contribution in [0.1, 0.15) is 12.0 Å². The number of ether oxygens (including phenoxy) is 1. The van der Waals surface area contributed by atoms with Crippen LogP contribution in [0.2, 0.25) is 0 Å². The first-order valence-electron chi connectivity index (χ1n) is 6.08. The van der Waals surface area contributed by atoms with Crippen LogP contribution in [0.15, 0.2) is 16.6 Å². The van der Waals surface area contributed by atoms with E-state index in [2.05, 4.69) is 26.6 Å². The van der Waals surface area contributed by atoms with Gasteiger partial charge in [0.2, 0.25) is 0 Å². The number of halogens is 2. The summed E-state index contributed by atoms with van der Waals surface area (Å²) in [4.78, 5) is 22.3. The standard InChI is InChI=1S/C13H16BrFN2O4/c1-7-3-9(14)10(15)5-11(7)17-13(20)16-6-8(21-2)4-12(18)19/h3,5,8H,4,6H2,1-2H3,(H,18,19)(H2,16,17,20). The minimum Gasteiger partial charge on any atom is -0.481 e. The lowest BCUT2D eigenvalue weighted by Gasteiger charge is -2.15. The molecule has 0 saturated carbocycles. The Morgan fingerprint density at radius 3 is 2.71 bits per heavy atom. The molecule has 0 aliphatic carbocycles. The molecule has 2 amide bonds. The van der Waals surface area contributed by atoms with Crippen LogP contribution in [-0.2, 0) is 9.53 Å². The fourth-order valence-electron chi connectivity index (χ4n) is 1.59. The van der Waals surface area contributed by atoms with E-state index in [0.717, 1.165) is 0 Å². The van der Waals surface area contributed by atoms with Gasteiger partial charge in [0.15, 0.2) is 0 Å². The Labute approximate surface area is 129 Å². The molecule has 21 heavy (non-hydrogen) atoms. The summed E-state index contributed by atoms with van der Waals surface area (Å²) in [5.41, 5.74) is 1.02. The topological polar surface area (TPSA) is 87.7 Å². The van der Waals surface area contributed by atoms with Crippen LogP contribution in [0.4, 0.5) is 14.9 Å². The molecule has 1 unspecified atom stereocenters. The Bertz CT molecular complexity index is 539. The number of carbonyl (C=O) groups is 2. The summed E-state index contributed by atoms with van der Waals surface area (Å²) < 4.78 is 18.7. The van der Waals surface area contributed by atoms with Gasteiger partial charge in [-0.25, -0.2) is 9.18 Å². The van der Waals surface area contributed by atoms with Crippen LogP contribution >= 0.6 is 15.9 Å². The van der Waals surface area contributed by atoms with Crippen molar-refractivity contribution in [3.05, 3.63) is 28.0 Å². The third kappa shape index (κ3) is 5.68. The molecule has 0 radical (unpaired) electrons. The lowest BCUT2D eigenvalue weighted by Crippen LogP contribution is -2.37. The largest absolute Gasteiger partial charge is 0.481 e. The molecule has 1 aromatic carbocycles. The summed E-state index contributed by atoms with van der Waals surface area (Å²) in [6, 6.07) is 2.18. The number of carbonyl (C=O) groups excluding carboxylic acids is 1. The van der Waals surface area contributed by atoms with Gasteiger partial charge in [0.25, 0.3) is 0 Å². The molecule has 8 heteroatoms. The first kappa shape index (κ1) is 17.4. The molecule has 0 aliphatic rings. The summed E-state index contributed by atoms with van der Waals surface area (Å²) >= 11 is 3.05. The third-order valence-corrected chi connectivity index (χ3v) is 3.35. The fourth-order valence-corrected chi connectivity index (χ4v) is 2.05. The second kappa shape index (κ2) is 7.94. The maximum Gasteiger partial charge on any atom is 0.319 e. The van der Waals surface area contributed by atoms with Crippen molar-refractivity contribution < 1.29 is 23.8 Å². The fraction of sp³-hybridized carbons (Fsp3) is 0.385. The van der Waals surface area contributed by atoms with E-state index in [1.165, 1.54) is 13.2 Å². The number of amides is 2. The predicted molar refractivity (Wildman–Crippen MR) is 78.9 cm³/mol. The number of benzene rings is 1. The second-order valence-corrected chi connectivity index (χ2v) is 5.23. The van der Waals surface area contributed by atoms with Crippen molar-refractivity contribution in [3.63, 3.8) is 0 Å². The molecule has 6 nitrogen and oxygen atoms in total. The minimum atomic E-state index is -1.02. The van der Waals surface area contributed by atoms with Crippen molar-refractivity contribution >= 4 is 33.6 Å². The molecular formula is C13H16BrFN2O4. The molecule has 3 N–H and O–H groups in total. The Kier molecular flexibility index (Phi) is 6.57. The van der Waals surface area contributed by atoms with E-state index in [9.17, 15) is 14.0 Å². The van der Waals surface area contributed by atoms with E-state index in [-0.39, 0.29) is 13.0 Å². The predicted octanol–water partition coefficient (Wildman–Crippen LogP) is 2.51. The summed E-state index contributed by atoms with van der Waals surface area (Å²) in [5, 5.41) is 13.6. The van der Waals surface area contributed by atoms with Crippen molar-refractivity contribution in [2.45, 2.75) is 19.4 Å². The first-order chi connectivity index (χ1) is 9.83. The van der Waals surface area contributed by atoms with Gasteiger partial charge in [-0.3, -0.25) is 4.79 Å². The van der Waals surface area contributed by atoms with Gasteiger partial charge in [-0.05, 0) is 40.5 Å². The van der Waals surface area contributed by atoms with E-state index in [0.29, 0.717) is 15.7 Å². The smallest absolute Gasteiger partial charge is 0.319 e. The number of rotatable bonds is 6. The van der Waals surface area contributed by atoms with Gasteiger partial charge in [-0.15, -0.1) is 0 Å². The number of hydrogen-bond acceptors (Lipinski definition) is 3. The molecule has 0 heterocycles. The monoisotopic (exact) mass is 362 g/mol. The van der Waals surface area contributed by atoms with Crippen LogP contribution in [0.3, 0.4) is 0 Å². The zero-order valence-electron chi connectivity index (χ0n) is 11.6. The molecule has 116 valence electrons. The maximum atomic E-state index is 13.4. The van der Waals surface area contributed by atoms with E-state index in [4.69, 9.17) is 9.84 Å². The highest BCUT2D eigenvalue weighted by atomic mass is 79.9. The van der Waals surface area contributed by atoms with E-state index in [1.54, 1.807) is 13.0 Å². The van der Waals surface area contributed by atoms with Crippen molar-refractivity contribution in [1.29, 1.82) is 0 Å². The molecule has 0 aromatic heterocycles. The van der Waals surface area contributed by atoms with E-state index in [1.807, 2.05) is 0 Å². The zero-order valence-corrected chi connectivity index (χ0v) is 13.2. The normalized spacial score (nSPS) is 11.8. The van der Waals surface area contributed by atoms with Gasteiger partial charge in [0.05, 0.1) is 17.0 Å². The zero-order chi connectivity index (χ0) is 16.0. The summed E-state index contributed by atoms with van der Waals surface area (Å²) in [6.45, 7) is 1.76. The minimum absolute atomic E-state index is 0.0344. The van der Waals surface area contributed by atoms with Crippen LogP contribution < -0.4 is 10.6 Å². The average molecular weight is 363 g/mol. The van der Waals surface area contributed by atoms with Gasteiger partial charge < -0.3 is 20.5 Å². The lowest BCUT2D eigenvalue weighted by atomic mass is 10.2. The lowest BCUT2D eigenvalue weighted by molar-refractivity contribution is -0.139. The number of hydrogen-bond donors (Lipinski definition) is 3. The highest BCUT2D eigenvalue weighted by Crippen LogP contribution is 2.23. The van der Waals surface area contributed by atoms with E-state index < -0.39 is 23.9 Å². The number of urea groups is 1. The second-order valence-electron chi connectivity index (χ2n) is 4.37. The number of carboxylic acid groups (broad SMARTS) is 1. The number of nitrogens with one attached hydrogen (secondary N) is 2. The molecule has 1 atom stereocenters. The highest BCUT2D eigenvalue weighted by Gasteiger charge is 2.14. The van der Waals surface area contributed by atoms with Crippen LogP contribution in [-0.4, -0.2) is 36.9 Å². The molecule has 0 spiro atoms. The van der Waals surface area contributed by atoms with E-state index >= 15 is 0 Å². The molecule has 1 aromatic rings. The van der Waals surface area contributed by atoms with Crippen LogP contribution in [0, 0.1) is 12.7 Å². The third-order valence-electron chi connectivity index (χ3n) is 2.74. The van der Waals surface area contributed by atoms with Crippen molar-refractivity contribution in [2.24, 2.45) is 0 Å². The molecule has 0 bridgehead atoms. The number of carboxylic acids is 1. The quantitative estimate of drug-likeness (QED) is 0.725. The molecule has 0 aliphatic heterocycles. The average Bonchev–Trinajstić information content (AvgIpc) is 2.40. The van der Waals surface area contributed by atoms with Crippen LogP contribution in [0.25, 0.3) is 0 Å². The highest BCUT2D eigenvalue weighted by molar-refractivity contribution is 9.10. The van der Waals surface area contributed by atoms with Crippen molar-refractivity contribution in [2.75, 3.05) is 19.0 Å². The Morgan fingerprint density at radius 2 is 2.14 bits per heavy atom. The Morgan fingerprint density at radius 1 is 1.48 bits per heavy atom. The summed E-state index contributed by atoms with van der Waals surface area (Å²) in [7, 11) is 1.36. The van der Waals surface area contributed by atoms with Crippen molar-refractivity contribution in [1.82, 2.24) is 5.32 Å². The Balaban J connectivity index is 2.58. The number of aliphatic carboxylic acids is 1. The Hall–Kier alpha value is -1.67. The maximum absolute atomic E-state index is 13.4. The van der Waals surface area contributed by atoms with Gasteiger partial charge in [0, 0.05) is 19.3 Å². The summed E-state index contributed by atoms with van der Waals surface area (Å²) in [6.07, 6.45) is -0.848. The molecule has 0 saturated heterocycles. The number of aryl methyl sites for hydroxylation is 1. The molecule has 1 rings (SSSR count). The SMILES string of the molecule is COC(CNC(=O)Nc1cc(F)c(Br)cc1C)CC(=O)O. The number of anilines is 1. The van der Waals surface area contributed by atoms with Crippen LogP contribution in [0.5, 0.6) is 0 Å². The van der Waals surface area contributed by atoms with Gasteiger partial charge >= 0.3 is 12.0 Å². The van der Waals surface area contributed by atoms with Crippen molar-refractivity contribution in [3.8, 4) is 0 Å². The first-order valence-corrected chi connectivity index (χ1v) is 6.88. The van der Waals surface area contributed by atoms with Gasteiger partial charge in [-0.1, -0.05) is 0 Å². The summed E-state index contributed by atoms with van der Waals surface area (Å²) in [5.74, 6) is -1.51. The molecule has 0 fully saturated rings.